The molecule has 0 heterocycles. The molecular formula is C22H22N2O3. The molecule has 1 atom stereocenters. The molecule has 0 aliphatic heterocycles. The van der Waals surface area contributed by atoms with Crippen molar-refractivity contribution in [2.75, 3.05) is 11.9 Å². The minimum atomic E-state index is -0.229. The number of rotatable bonds is 6. The molecule has 0 aliphatic rings. The van der Waals surface area contributed by atoms with Gasteiger partial charge in [0.05, 0.1) is 11.7 Å². The Bertz CT molecular complexity index is 963. The van der Waals surface area contributed by atoms with Gasteiger partial charge in [-0.1, -0.05) is 54.6 Å². The summed E-state index contributed by atoms with van der Waals surface area (Å²) >= 11 is 0. The van der Waals surface area contributed by atoms with Gasteiger partial charge in [0, 0.05) is 6.92 Å². The predicted molar refractivity (Wildman–Crippen MR) is 107 cm³/mol. The number of para-hydroxylation sites is 2. The van der Waals surface area contributed by atoms with Crippen LogP contribution in [0.25, 0.3) is 10.8 Å². The van der Waals surface area contributed by atoms with Gasteiger partial charge in [-0.25, -0.2) is 0 Å². The Balaban J connectivity index is 1.65. The van der Waals surface area contributed by atoms with E-state index < -0.39 is 0 Å². The van der Waals surface area contributed by atoms with Gasteiger partial charge in [-0.05, 0) is 35.4 Å². The number of fused-ring (bicyclic) bond motifs is 1. The van der Waals surface area contributed by atoms with Crippen molar-refractivity contribution >= 4 is 28.3 Å². The van der Waals surface area contributed by atoms with Crippen LogP contribution in [0.4, 0.5) is 5.69 Å². The normalized spacial score (nSPS) is 11.6. The number of anilines is 1. The second-order valence-corrected chi connectivity index (χ2v) is 6.32. The van der Waals surface area contributed by atoms with E-state index >= 15 is 0 Å². The third kappa shape index (κ3) is 4.64. The van der Waals surface area contributed by atoms with Crippen molar-refractivity contribution in [2.45, 2.75) is 19.9 Å². The maximum Gasteiger partial charge on any atom is 0.258 e. The number of carbonyl (C=O) groups is 2. The van der Waals surface area contributed by atoms with Crippen LogP contribution in [0.3, 0.4) is 0 Å². The number of hydrogen-bond acceptors (Lipinski definition) is 3. The SMILES string of the molecule is CC(=O)Nc1ccccc1OCC(=O)NC(C)c1cccc2ccccc12. The standard InChI is InChI=1S/C22H22N2O3/c1-15(18-11-7-9-17-8-3-4-10-19(17)18)23-22(26)14-27-21-13-6-5-12-20(21)24-16(2)25/h3-13,15H,14H2,1-2H3,(H,23,26)(H,24,25). The van der Waals surface area contributed by atoms with Crippen LogP contribution < -0.4 is 15.4 Å². The van der Waals surface area contributed by atoms with Crippen LogP contribution in [0.15, 0.2) is 66.7 Å². The number of hydrogen-bond donors (Lipinski definition) is 2. The van der Waals surface area contributed by atoms with Crippen molar-refractivity contribution in [2.24, 2.45) is 0 Å². The molecule has 3 rings (SSSR count). The highest BCUT2D eigenvalue weighted by Gasteiger charge is 2.13. The topological polar surface area (TPSA) is 67.4 Å². The molecule has 5 heteroatoms. The number of ether oxygens (including phenoxy) is 1. The van der Waals surface area contributed by atoms with Crippen LogP contribution >= 0.6 is 0 Å². The summed E-state index contributed by atoms with van der Waals surface area (Å²) < 4.78 is 5.60. The maximum absolute atomic E-state index is 12.3. The molecule has 2 amide bonds. The number of carbonyl (C=O) groups excluding carboxylic acids is 2. The van der Waals surface area contributed by atoms with Crippen LogP contribution in [0.2, 0.25) is 0 Å². The Morgan fingerprint density at radius 3 is 2.48 bits per heavy atom. The fraction of sp³-hybridized carbons (Fsp3) is 0.182. The molecule has 0 bridgehead atoms. The molecule has 2 N–H and O–H groups in total. The lowest BCUT2D eigenvalue weighted by atomic mass is 10.00. The molecule has 0 spiro atoms. The second kappa shape index (κ2) is 8.36. The van der Waals surface area contributed by atoms with Crippen molar-refractivity contribution in [1.29, 1.82) is 0 Å². The van der Waals surface area contributed by atoms with E-state index in [1.54, 1.807) is 24.3 Å². The molecule has 0 aliphatic carbocycles. The molecule has 1 unspecified atom stereocenters. The highest BCUT2D eigenvalue weighted by molar-refractivity contribution is 5.90. The summed E-state index contributed by atoms with van der Waals surface area (Å²) in [7, 11) is 0. The predicted octanol–water partition coefficient (Wildman–Crippen LogP) is 4.05. The zero-order chi connectivity index (χ0) is 19.2. The number of benzene rings is 3. The summed E-state index contributed by atoms with van der Waals surface area (Å²) in [4.78, 5) is 23.6. The summed E-state index contributed by atoms with van der Waals surface area (Å²) in [6.07, 6.45) is 0. The first-order valence-electron chi connectivity index (χ1n) is 8.81. The van der Waals surface area contributed by atoms with Crippen LogP contribution in [0.5, 0.6) is 5.75 Å². The first-order chi connectivity index (χ1) is 13.0. The zero-order valence-corrected chi connectivity index (χ0v) is 15.4. The Morgan fingerprint density at radius 2 is 1.67 bits per heavy atom. The van der Waals surface area contributed by atoms with E-state index in [2.05, 4.69) is 22.8 Å². The number of amides is 2. The average Bonchev–Trinajstić information content (AvgIpc) is 2.66. The van der Waals surface area contributed by atoms with E-state index in [1.807, 2.05) is 37.3 Å². The van der Waals surface area contributed by atoms with Crippen LogP contribution in [0, 0.1) is 0 Å². The van der Waals surface area contributed by atoms with Gasteiger partial charge >= 0.3 is 0 Å². The Kier molecular flexibility index (Phi) is 5.71. The smallest absolute Gasteiger partial charge is 0.258 e. The molecule has 3 aromatic carbocycles. The highest BCUT2D eigenvalue weighted by Crippen LogP contribution is 2.25. The summed E-state index contributed by atoms with van der Waals surface area (Å²) in [5.74, 6) is 0.0359. The summed E-state index contributed by atoms with van der Waals surface area (Å²) in [6, 6.07) is 21.0. The molecule has 0 aromatic heterocycles. The van der Waals surface area contributed by atoms with Gasteiger partial charge in [-0.2, -0.15) is 0 Å². The second-order valence-electron chi connectivity index (χ2n) is 6.32. The lowest BCUT2D eigenvalue weighted by Gasteiger charge is -2.17. The van der Waals surface area contributed by atoms with Crippen LogP contribution in [-0.4, -0.2) is 18.4 Å². The van der Waals surface area contributed by atoms with E-state index in [0.29, 0.717) is 11.4 Å². The largest absolute Gasteiger partial charge is 0.482 e. The minimum absolute atomic E-state index is 0.133. The summed E-state index contributed by atoms with van der Waals surface area (Å²) in [5.41, 5.74) is 1.60. The first-order valence-corrected chi connectivity index (χ1v) is 8.81. The first kappa shape index (κ1) is 18.5. The summed E-state index contributed by atoms with van der Waals surface area (Å²) in [5, 5.41) is 7.91. The van der Waals surface area contributed by atoms with Crippen molar-refractivity contribution in [3.63, 3.8) is 0 Å². The molecule has 3 aromatic rings. The third-order valence-electron chi connectivity index (χ3n) is 4.22. The van der Waals surface area contributed by atoms with Crippen LogP contribution in [-0.2, 0) is 9.59 Å². The Labute approximate surface area is 158 Å². The van der Waals surface area contributed by atoms with Gasteiger partial charge in [0.15, 0.2) is 6.61 Å². The molecule has 0 radical (unpaired) electrons. The van der Waals surface area contributed by atoms with Crippen molar-refractivity contribution in [1.82, 2.24) is 5.32 Å². The van der Waals surface area contributed by atoms with Gasteiger partial charge in [0.1, 0.15) is 5.75 Å². The highest BCUT2D eigenvalue weighted by atomic mass is 16.5. The molecule has 0 saturated heterocycles. The van der Waals surface area contributed by atoms with Crippen molar-refractivity contribution in [3.8, 4) is 5.75 Å². The van der Waals surface area contributed by atoms with Crippen molar-refractivity contribution in [3.05, 3.63) is 72.3 Å². The average molecular weight is 362 g/mol. The minimum Gasteiger partial charge on any atom is -0.482 e. The van der Waals surface area contributed by atoms with Crippen molar-refractivity contribution < 1.29 is 14.3 Å². The fourth-order valence-electron chi connectivity index (χ4n) is 3.02. The molecule has 138 valence electrons. The van der Waals surface area contributed by atoms with E-state index in [0.717, 1.165) is 16.3 Å². The molecule has 5 nitrogen and oxygen atoms in total. The van der Waals surface area contributed by atoms with E-state index in [-0.39, 0.29) is 24.5 Å². The van der Waals surface area contributed by atoms with Gasteiger partial charge < -0.3 is 15.4 Å². The number of nitrogens with one attached hydrogen (secondary N) is 2. The van der Waals surface area contributed by atoms with Crippen LogP contribution in [0.1, 0.15) is 25.5 Å². The summed E-state index contributed by atoms with van der Waals surface area (Å²) in [6.45, 7) is 3.24. The maximum atomic E-state index is 12.3. The molecule has 27 heavy (non-hydrogen) atoms. The monoisotopic (exact) mass is 362 g/mol. The van der Waals surface area contributed by atoms with Gasteiger partial charge in [-0.3, -0.25) is 9.59 Å². The Morgan fingerprint density at radius 1 is 0.963 bits per heavy atom. The third-order valence-corrected chi connectivity index (χ3v) is 4.22. The van der Waals surface area contributed by atoms with Gasteiger partial charge in [0.25, 0.3) is 5.91 Å². The zero-order valence-electron chi connectivity index (χ0n) is 15.4. The van der Waals surface area contributed by atoms with Gasteiger partial charge in [0.2, 0.25) is 5.91 Å². The van der Waals surface area contributed by atoms with E-state index in [4.69, 9.17) is 4.74 Å². The van der Waals surface area contributed by atoms with Gasteiger partial charge in [-0.15, -0.1) is 0 Å². The fourth-order valence-corrected chi connectivity index (χ4v) is 3.02. The quantitative estimate of drug-likeness (QED) is 0.695. The lowest BCUT2D eigenvalue weighted by Crippen LogP contribution is -2.31. The molecular weight excluding hydrogens is 340 g/mol. The van der Waals surface area contributed by atoms with E-state index in [9.17, 15) is 9.59 Å². The Hall–Kier alpha value is -3.34. The molecule has 0 saturated carbocycles. The lowest BCUT2D eigenvalue weighted by molar-refractivity contribution is -0.123. The van der Waals surface area contributed by atoms with E-state index in [1.165, 1.54) is 6.92 Å². The molecule has 0 fully saturated rings.